The van der Waals surface area contributed by atoms with Gasteiger partial charge in [0.2, 0.25) is 10.0 Å². The molecule has 0 fully saturated rings. The van der Waals surface area contributed by atoms with Crippen molar-refractivity contribution in [3.05, 3.63) is 18.2 Å². The summed E-state index contributed by atoms with van der Waals surface area (Å²) in [6.45, 7) is 1.85. The maximum atomic E-state index is 12.4. The lowest BCUT2D eigenvalue weighted by Crippen LogP contribution is -2.47. The lowest BCUT2D eigenvalue weighted by atomic mass is 10.1. The summed E-state index contributed by atoms with van der Waals surface area (Å²) >= 11 is 0.967. The SMILES string of the molecule is CN(C)CC(C)(O)CNS(=O)(=O)c1cccc2c1N=S=N2. The zero-order valence-corrected chi connectivity index (χ0v) is 13.7. The predicted molar refractivity (Wildman–Crippen MR) is 82.3 cm³/mol. The van der Waals surface area contributed by atoms with E-state index in [4.69, 9.17) is 0 Å². The molecule has 2 rings (SSSR count). The van der Waals surface area contributed by atoms with E-state index in [1.54, 1.807) is 24.0 Å². The maximum absolute atomic E-state index is 12.4. The molecule has 1 aromatic carbocycles. The summed E-state index contributed by atoms with van der Waals surface area (Å²) in [5.41, 5.74) is -0.268. The van der Waals surface area contributed by atoms with Crippen LogP contribution in [0.3, 0.4) is 0 Å². The van der Waals surface area contributed by atoms with Crippen LogP contribution in [0.4, 0.5) is 11.4 Å². The van der Waals surface area contributed by atoms with Gasteiger partial charge in [-0.25, -0.2) is 13.1 Å². The second kappa shape index (κ2) is 5.93. The topological polar surface area (TPSA) is 94.4 Å². The number of nitrogens with one attached hydrogen (secondary N) is 1. The van der Waals surface area contributed by atoms with Gasteiger partial charge in [-0.3, -0.25) is 0 Å². The Morgan fingerprint density at radius 3 is 2.76 bits per heavy atom. The summed E-state index contributed by atoms with van der Waals surface area (Å²) in [5.74, 6) is 0. The van der Waals surface area contributed by atoms with Crippen LogP contribution in [0.2, 0.25) is 0 Å². The first-order valence-electron chi connectivity index (χ1n) is 6.29. The van der Waals surface area contributed by atoms with Gasteiger partial charge < -0.3 is 10.0 Å². The van der Waals surface area contributed by atoms with Crippen LogP contribution in [0.1, 0.15) is 6.92 Å². The Morgan fingerprint density at radius 2 is 2.10 bits per heavy atom. The molecule has 21 heavy (non-hydrogen) atoms. The molecule has 0 amide bonds. The minimum Gasteiger partial charge on any atom is -0.387 e. The Morgan fingerprint density at radius 1 is 1.38 bits per heavy atom. The summed E-state index contributed by atoms with van der Waals surface area (Å²) in [5, 5.41) is 10.2. The van der Waals surface area contributed by atoms with Crippen molar-refractivity contribution < 1.29 is 13.5 Å². The third-order valence-corrected chi connectivity index (χ3v) is 4.81. The molecule has 1 atom stereocenters. The van der Waals surface area contributed by atoms with E-state index >= 15 is 0 Å². The lowest BCUT2D eigenvalue weighted by Gasteiger charge is -2.27. The number of hydrogen-bond donors (Lipinski definition) is 2. The van der Waals surface area contributed by atoms with Crippen molar-refractivity contribution in [2.45, 2.75) is 17.4 Å². The molecule has 7 nitrogen and oxygen atoms in total. The van der Waals surface area contributed by atoms with Crippen LogP contribution >= 0.6 is 0 Å². The molecule has 0 bridgehead atoms. The average molecular weight is 330 g/mol. The van der Waals surface area contributed by atoms with Gasteiger partial charge in [-0.2, -0.15) is 8.73 Å². The molecule has 1 unspecified atom stereocenters. The molecule has 116 valence electrons. The van der Waals surface area contributed by atoms with Gasteiger partial charge in [-0.15, -0.1) is 0 Å². The van der Waals surface area contributed by atoms with Gasteiger partial charge in [0.15, 0.2) is 0 Å². The normalized spacial score (nSPS) is 16.6. The monoisotopic (exact) mass is 330 g/mol. The molecule has 0 saturated carbocycles. The van der Waals surface area contributed by atoms with E-state index in [1.165, 1.54) is 6.07 Å². The molecule has 2 N–H and O–H groups in total. The number of likely N-dealkylation sites (N-methyl/N-ethyl adjacent to an activating group) is 1. The second-order valence-corrected chi connectivity index (χ2v) is 7.71. The Hall–Kier alpha value is -1.13. The molecule has 1 aliphatic rings. The first-order valence-corrected chi connectivity index (χ1v) is 8.51. The molecule has 9 heteroatoms. The Labute approximate surface area is 127 Å². The Bertz CT molecular complexity index is 707. The third-order valence-electron chi connectivity index (χ3n) is 2.84. The van der Waals surface area contributed by atoms with Gasteiger partial charge in [-0.05, 0) is 33.2 Å². The van der Waals surface area contributed by atoms with E-state index in [1.807, 2.05) is 14.1 Å². The smallest absolute Gasteiger partial charge is 0.242 e. The fourth-order valence-corrected chi connectivity index (χ4v) is 3.99. The number of rotatable bonds is 6. The van der Waals surface area contributed by atoms with Crippen LogP contribution in [0.15, 0.2) is 31.8 Å². The van der Waals surface area contributed by atoms with Crippen molar-refractivity contribution in [3.8, 4) is 0 Å². The fourth-order valence-electron chi connectivity index (χ4n) is 2.06. The Kier molecular flexibility index (Phi) is 4.59. The summed E-state index contributed by atoms with van der Waals surface area (Å²) in [7, 11) is -0.130. The van der Waals surface area contributed by atoms with Crippen molar-refractivity contribution in [1.82, 2.24) is 9.62 Å². The zero-order chi connectivity index (χ0) is 15.7. The fraction of sp³-hybridized carbons (Fsp3) is 0.500. The average Bonchev–Trinajstić information content (AvgIpc) is 2.83. The summed E-state index contributed by atoms with van der Waals surface area (Å²) in [6, 6.07) is 4.81. The van der Waals surface area contributed by atoms with E-state index in [-0.39, 0.29) is 11.4 Å². The minimum atomic E-state index is -3.75. The van der Waals surface area contributed by atoms with Crippen molar-refractivity contribution in [2.24, 2.45) is 8.73 Å². The summed E-state index contributed by atoms with van der Waals surface area (Å²) < 4.78 is 35.2. The highest BCUT2D eigenvalue weighted by atomic mass is 32.2. The molecule has 1 aromatic rings. The minimum absolute atomic E-state index is 0.0782. The molecule has 1 heterocycles. The molecule has 0 radical (unpaired) electrons. The second-order valence-electron chi connectivity index (χ2n) is 5.45. The summed E-state index contributed by atoms with van der Waals surface area (Å²) in [4.78, 5) is 1.87. The molecule has 1 aliphatic heterocycles. The van der Waals surface area contributed by atoms with Crippen molar-refractivity contribution in [2.75, 3.05) is 27.2 Å². The molecule has 0 aromatic heterocycles. The van der Waals surface area contributed by atoms with Gasteiger partial charge in [-0.1, -0.05) is 6.07 Å². The van der Waals surface area contributed by atoms with Gasteiger partial charge in [0.25, 0.3) is 0 Å². The maximum Gasteiger partial charge on any atom is 0.242 e. The molecular formula is C12H18N4O3S2. The van der Waals surface area contributed by atoms with E-state index in [9.17, 15) is 13.5 Å². The lowest BCUT2D eigenvalue weighted by molar-refractivity contribution is 0.0386. The number of hydrogen-bond acceptors (Lipinski definition) is 6. The standard InChI is InChI=1S/C12H18N4O3S2/c1-12(17,8-16(2)3)7-13-21(18,19)10-6-4-5-9-11(10)15-20-14-9/h4-6,13,17H,7-8H2,1-3H3. The van der Waals surface area contributed by atoms with Crippen LogP contribution in [0.5, 0.6) is 0 Å². The third kappa shape index (κ3) is 3.95. The Balaban J connectivity index is 2.17. The van der Waals surface area contributed by atoms with Crippen LogP contribution in [-0.2, 0) is 21.4 Å². The highest BCUT2D eigenvalue weighted by molar-refractivity contribution is 7.89. The molecule has 0 spiro atoms. The van der Waals surface area contributed by atoms with Crippen LogP contribution in [-0.4, -0.2) is 51.2 Å². The molecular weight excluding hydrogens is 312 g/mol. The number of nitrogens with zero attached hydrogens (tertiary/aromatic N) is 3. The van der Waals surface area contributed by atoms with E-state index in [0.29, 0.717) is 17.9 Å². The number of benzene rings is 1. The van der Waals surface area contributed by atoms with Crippen LogP contribution in [0, 0.1) is 0 Å². The van der Waals surface area contributed by atoms with E-state index in [2.05, 4.69) is 13.4 Å². The zero-order valence-electron chi connectivity index (χ0n) is 12.1. The van der Waals surface area contributed by atoms with Gasteiger partial charge in [0, 0.05) is 13.1 Å². The van der Waals surface area contributed by atoms with E-state index in [0.717, 1.165) is 11.4 Å². The molecule has 0 aliphatic carbocycles. The quantitative estimate of drug-likeness (QED) is 0.826. The van der Waals surface area contributed by atoms with Crippen molar-refractivity contribution in [3.63, 3.8) is 0 Å². The number of fused-ring (bicyclic) bond motifs is 1. The predicted octanol–water partition coefficient (Wildman–Crippen LogP) is 1.00. The van der Waals surface area contributed by atoms with Crippen LogP contribution in [0.25, 0.3) is 0 Å². The van der Waals surface area contributed by atoms with Gasteiger partial charge in [0.05, 0.1) is 17.0 Å². The molecule has 0 saturated heterocycles. The first-order chi connectivity index (χ1) is 9.71. The number of aliphatic hydroxyl groups is 1. The van der Waals surface area contributed by atoms with Gasteiger partial charge in [0.1, 0.15) is 16.3 Å². The first kappa shape index (κ1) is 16.2. The number of sulfonamides is 1. The largest absolute Gasteiger partial charge is 0.387 e. The van der Waals surface area contributed by atoms with Crippen molar-refractivity contribution >= 4 is 32.8 Å². The summed E-state index contributed by atoms with van der Waals surface area (Å²) in [6.07, 6.45) is 0. The van der Waals surface area contributed by atoms with E-state index < -0.39 is 15.6 Å². The van der Waals surface area contributed by atoms with Crippen molar-refractivity contribution in [1.29, 1.82) is 0 Å². The highest BCUT2D eigenvalue weighted by Crippen LogP contribution is 2.37. The van der Waals surface area contributed by atoms with Gasteiger partial charge >= 0.3 is 0 Å². The highest BCUT2D eigenvalue weighted by Gasteiger charge is 2.27. The van der Waals surface area contributed by atoms with Crippen LogP contribution < -0.4 is 4.72 Å².